The minimum Gasteiger partial charge on any atom is -0.369 e. The highest BCUT2D eigenvalue weighted by Crippen LogP contribution is 2.16. The van der Waals surface area contributed by atoms with Gasteiger partial charge in [0.05, 0.1) is 6.54 Å². The number of para-hydroxylation sites is 1. The zero-order valence-corrected chi connectivity index (χ0v) is 12.5. The number of nitrogens with zero attached hydrogens (tertiary/aromatic N) is 1. The number of ether oxygens (including phenoxy) is 2. The fourth-order valence-electron chi connectivity index (χ4n) is 1.88. The van der Waals surface area contributed by atoms with Gasteiger partial charge in [-0.15, -0.1) is 0 Å². The molecule has 2 amide bonds. The van der Waals surface area contributed by atoms with Gasteiger partial charge in [0.2, 0.25) is 11.8 Å². The van der Waals surface area contributed by atoms with Crippen LogP contribution < -0.4 is 10.6 Å². The average molecular weight is 294 g/mol. The standard InChI is InChI=1S/C15H22N2O4/c1-3-20-15(21-4-2)11-17(14(19)10-13(16)18)12-8-6-5-7-9-12/h5-9,15H,3-4,10-11H2,1-2H3,(H2,16,18). The molecule has 0 heterocycles. The number of nitrogens with two attached hydrogens (primary N) is 1. The summed E-state index contributed by atoms with van der Waals surface area (Å²) in [5.41, 5.74) is 5.78. The minimum absolute atomic E-state index is 0.206. The average Bonchev–Trinajstić information content (AvgIpc) is 2.45. The zero-order valence-electron chi connectivity index (χ0n) is 12.5. The van der Waals surface area contributed by atoms with Crippen LogP contribution in [0.15, 0.2) is 30.3 Å². The Morgan fingerprint density at radius 3 is 2.19 bits per heavy atom. The van der Waals surface area contributed by atoms with E-state index in [0.29, 0.717) is 18.9 Å². The van der Waals surface area contributed by atoms with E-state index in [-0.39, 0.29) is 18.9 Å². The largest absolute Gasteiger partial charge is 0.369 e. The van der Waals surface area contributed by atoms with E-state index in [1.807, 2.05) is 32.0 Å². The molecule has 0 radical (unpaired) electrons. The van der Waals surface area contributed by atoms with Crippen LogP contribution in [-0.4, -0.2) is 37.9 Å². The predicted octanol–water partition coefficient (Wildman–Crippen LogP) is 1.29. The van der Waals surface area contributed by atoms with Gasteiger partial charge >= 0.3 is 0 Å². The predicted molar refractivity (Wildman–Crippen MR) is 79.6 cm³/mol. The van der Waals surface area contributed by atoms with Crippen molar-refractivity contribution < 1.29 is 19.1 Å². The van der Waals surface area contributed by atoms with Gasteiger partial charge in [0.1, 0.15) is 6.42 Å². The van der Waals surface area contributed by atoms with Gasteiger partial charge in [-0.3, -0.25) is 9.59 Å². The first-order valence-electron chi connectivity index (χ1n) is 6.95. The number of hydrogen-bond donors (Lipinski definition) is 1. The molecule has 0 aliphatic rings. The molecule has 1 aromatic rings. The summed E-state index contributed by atoms with van der Waals surface area (Å²) in [6.07, 6.45) is -0.892. The molecule has 2 N–H and O–H groups in total. The van der Waals surface area contributed by atoms with Crippen molar-refractivity contribution in [3.8, 4) is 0 Å². The van der Waals surface area contributed by atoms with Crippen LogP contribution in [0.5, 0.6) is 0 Å². The maximum absolute atomic E-state index is 12.2. The number of anilines is 1. The first-order valence-corrected chi connectivity index (χ1v) is 6.95. The van der Waals surface area contributed by atoms with Gasteiger partial charge in [0.15, 0.2) is 6.29 Å². The van der Waals surface area contributed by atoms with Gasteiger partial charge in [0.25, 0.3) is 0 Å². The molecule has 21 heavy (non-hydrogen) atoms. The smallest absolute Gasteiger partial charge is 0.236 e. The van der Waals surface area contributed by atoms with E-state index in [1.165, 1.54) is 4.90 Å². The third kappa shape index (κ3) is 5.93. The maximum atomic E-state index is 12.2. The van der Waals surface area contributed by atoms with Gasteiger partial charge in [0, 0.05) is 18.9 Å². The summed E-state index contributed by atoms with van der Waals surface area (Å²) in [5, 5.41) is 0. The van der Waals surface area contributed by atoms with E-state index >= 15 is 0 Å². The van der Waals surface area contributed by atoms with Crippen LogP contribution in [0.3, 0.4) is 0 Å². The van der Waals surface area contributed by atoms with Crippen molar-refractivity contribution in [1.82, 2.24) is 0 Å². The first kappa shape index (κ1) is 17.1. The first-order chi connectivity index (χ1) is 10.1. The molecule has 0 spiro atoms. The quantitative estimate of drug-likeness (QED) is 0.549. The van der Waals surface area contributed by atoms with Gasteiger partial charge in [-0.05, 0) is 26.0 Å². The third-order valence-corrected chi connectivity index (χ3v) is 2.73. The van der Waals surface area contributed by atoms with Crippen LogP contribution >= 0.6 is 0 Å². The van der Waals surface area contributed by atoms with Crippen LogP contribution in [0.4, 0.5) is 5.69 Å². The van der Waals surface area contributed by atoms with E-state index < -0.39 is 12.2 Å². The van der Waals surface area contributed by atoms with Crippen molar-refractivity contribution in [2.45, 2.75) is 26.6 Å². The second kappa shape index (κ2) is 9.10. The Hall–Kier alpha value is -1.92. The molecule has 1 rings (SSSR count). The summed E-state index contributed by atoms with van der Waals surface area (Å²) in [6.45, 7) is 4.85. The number of amides is 2. The monoisotopic (exact) mass is 294 g/mol. The number of benzene rings is 1. The van der Waals surface area contributed by atoms with Crippen LogP contribution in [0, 0.1) is 0 Å². The van der Waals surface area contributed by atoms with Crippen molar-refractivity contribution in [3.63, 3.8) is 0 Å². The number of rotatable bonds is 9. The molecule has 0 aliphatic heterocycles. The van der Waals surface area contributed by atoms with Crippen molar-refractivity contribution in [1.29, 1.82) is 0 Å². The van der Waals surface area contributed by atoms with Crippen LogP contribution in [0.25, 0.3) is 0 Å². The van der Waals surface area contributed by atoms with Crippen LogP contribution in [0.2, 0.25) is 0 Å². The SMILES string of the molecule is CCOC(CN(C(=O)CC(N)=O)c1ccccc1)OCC. The topological polar surface area (TPSA) is 81.9 Å². The Morgan fingerprint density at radius 1 is 1.14 bits per heavy atom. The molecule has 0 fully saturated rings. The lowest BCUT2D eigenvalue weighted by Crippen LogP contribution is -2.41. The second-order valence-corrected chi connectivity index (χ2v) is 4.32. The minimum atomic E-state index is -0.662. The molecule has 0 bridgehead atoms. The van der Waals surface area contributed by atoms with E-state index in [9.17, 15) is 9.59 Å². The Labute approximate surface area is 124 Å². The molecule has 6 nitrogen and oxygen atoms in total. The molecule has 0 unspecified atom stereocenters. The number of primary amides is 1. The number of carbonyl (C=O) groups excluding carboxylic acids is 2. The van der Waals surface area contributed by atoms with Crippen molar-refractivity contribution in [2.75, 3.05) is 24.7 Å². The maximum Gasteiger partial charge on any atom is 0.236 e. The Bertz CT molecular complexity index is 444. The van der Waals surface area contributed by atoms with Crippen molar-refractivity contribution >= 4 is 17.5 Å². The van der Waals surface area contributed by atoms with Gasteiger partial charge in [-0.2, -0.15) is 0 Å². The molecule has 0 saturated carbocycles. The highest BCUT2D eigenvalue weighted by atomic mass is 16.7. The molecule has 0 atom stereocenters. The van der Waals surface area contributed by atoms with Crippen molar-refractivity contribution in [2.24, 2.45) is 5.73 Å². The summed E-state index contributed by atoms with van der Waals surface area (Å²) in [4.78, 5) is 24.7. The Kier molecular flexibility index (Phi) is 7.42. The lowest BCUT2D eigenvalue weighted by molar-refractivity contribution is -0.137. The summed E-state index contributed by atoms with van der Waals surface area (Å²) in [6, 6.07) is 9.05. The third-order valence-electron chi connectivity index (χ3n) is 2.73. The van der Waals surface area contributed by atoms with E-state index in [0.717, 1.165) is 0 Å². The zero-order chi connectivity index (χ0) is 15.7. The summed E-state index contributed by atoms with van der Waals surface area (Å²) in [5.74, 6) is -1.04. The van der Waals surface area contributed by atoms with E-state index in [2.05, 4.69) is 0 Å². The molecule has 1 aromatic carbocycles. The number of carbonyl (C=O) groups is 2. The lowest BCUT2D eigenvalue weighted by atomic mass is 10.2. The summed E-state index contributed by atoms with van der Waals surface area (Å²) in [7, 11) is 0. The Balaban J connectivity index is 2.90. The molecule has 116 valence electrons. The van der Waals surface area contributed by atoms with Gasteiger partial charge in [-0.1, -0.05) is 18.2 Å². The van der Waals surface area contributed by atoms with Gasteiger partial charge in [-0.25, -0.2) is 0 Å². The van der Waals surface area contributed by atoms with Crippen LogP contribution in [0.1, 0.15) is 20.3 Å². The second-order valence-electron chi connectivity index (χ2n) is 4.32. The molecule has 6 heteroatoms. The fraction of sp³-hybridized carbons (Fsp3) is 0.467. The van der Waals surface area contributed by atoms with Crippen molar-refractivity contribution in [3.05, 3.63) is 30.3 Å². The lowest BCUT2D eigenvalue weighted by Gasteiger charge is -2.27. The Morgan fingerprint density at radius 2 is 1.71 bits per heavy atom. The highest BCUT2D eigenvalue weighted by molar-refractivity contribution is 6.04. The van der Waals surface area contributed by atoms with E-state index in [1.54, 1.807) is 12.1 Å². The molecule has 0 aliphatic carbocycles. The highest BCUT2D eigenvalue weighted by Gasteiger charge is 2.22. The molecular weight excluding hydrogens is 272 g/mol. The normalized spacial score (nSPS) is 10.6. The fourth-order valence-corrected chi connectivity index (χ4v) is 1.88. The number of hydrogen-bond acceptors (Lipinski definition) is 4. The molecular formula is C15H22N2O4. The molecule has 0 saturated heterocycles. The summed E-state index contributed by atoms with van der Waals surface area (Å²) >= 11 is 0. The van der Waals surface area contributed by atoms with Crippen LogP contribution in [-0.2, 0) is 19.1 Å². The molecule has 0 aromatic heterocycles. The summed E-state index contributed by atoms with van der Waals surface area (Å²) < 4.78 is 10.9. The van der Waals surface area contributed by atoms with E-state index in [4.69, 9.17) is 15.2 Å². The van der Waals surface area contributed by atoms with Gasteiger partial charge < -0.3 is 20.1 Å².